The second kappa shape index (κ2) is 8.99. The molecule has 0 aliphatic carbocycles. The predicted molar refractivity (Wildman–Crippen MR) is 125 cm³/mol. The smallest absolute Gasteiger partial charge is 0.349 e. The molecule has 0 atom stereocenters. The lowest BCUT2D eigenvalue weighted by molar-refractivity contribution is 0.0532. The van der Waals surface area contributed by atoms with Crippen LogP contribution in [0.5, 0.6) is 0 Å². The number of aromatic nitrogens is 2. The van der Waals surface area contributed by atoms with Crippen molar-refractivity contribution in [1.82, 2.24) is 9.55 Å². The van der Waals surface area contributed by atoms with Crippen molar-refractivity contribution in [3.63, 3.8) is 0 Å². The Hall–Kier alpha value is -2.41. The standard InChI is InChI=1S/C20H21N3O5S3/c1-3-28-20(24)16-11-21-19(30-16)15-10-13-6-4-7-14(18(13)23(15)12-27-2)22-31(25,26)17-8-5-9-29-17/h4-11,22,25-26H,3,12H2,1-2H3. The summed E-state index contributed by atoms with van der Waals surface area (Å²) in [6, 6.07) is 10.9. The minimum absolute atomic E-state index is 0.212. The number of anilines is 1. The monoisotopic (exact) mass is 479 g/mol. The number of rotatable bonds is 8. The van der Waals surface area contributed by atoms with Gasteiger partial charge in [0.2, 0.25) is 0 Å². The molecule has 164 valence electrons. The number of ether oxygens (including phenoxy) is 2. The summed E-state index contributed by atoms with van der Waals surface area (Å²) in [7, 11) is -1.64. The zero-order valence-electron chi connectivity index (χ0n) is 16.8. The Morgan fingerprint density at radius 2 is 2.13 bits per heavy atom. The number of methoxy groups -OCH3 is 1. The molecule has 0 bridgehead atoms. The Labute approximate surface area is 188 Å². The molecule has 0 amide bonds. The van der Waals surface area contributed by atoms with Gasteiger partial charge in [-0.2, -0.15) is 0 Å². The SMILES string of the molecule is CCOC(=O)c1cnc(-c2cc3cccc(NS(O)(O)c4cccs4)c3n2COC)s1. The van der Waals surface area contributed by atoms with Crippen LogP contribution in [0.2, 0.25) is 0 Å². The molecule has 0 radical (unpaired) electrons. The van der Waals surface area contributed by atoms with E-state index in [0.29, 0.717) is 26.4 Å². The molecule has 0 saturated heterocycles. The van der Waals surface area contributed by atoms with E-state index in [0.717, 1.165) is 16.6 Å². The molecule has 3 aromatic heterocycles. The first-order valence-electron chi connectivity index (χ1n) is 9.28. The average Bonchev–Trinajstić information content (AvgIpc) is 3.48. The maximum absolute atomic E-state index is 12.1. The van der Waals surface area contributed by atoms with Crippen LogP contribution in [0.25, 0.3) is 21.6 Å². The summed E-state index contributed by atoms with van der Waals surface area (Å²) in [5, 5.41) is 3.29. The molecule has 3 N–H and O–H groups in total. The van der Waals surface area contributed by atoms with Crippen LogP contribution in [0.3, 0.4) is 0 Å². The van der Waals surface area contributed by atoms with Crippen molar-refractivity contribution in [3.05, 3.63) is 52.9 Å². The van der Waals surface area contributed by atoms with E-state index in [-0.39, 0.29) is 6.73 Å². The van der Waals surface area contributed by atoms with Gasteiger partial charge < -0.3 is 14.0 Å². The lowest BCUT2D eigenvalue weighted by Gasteiger charge is -2.32. The molecule has 4 rings (SSSR count). The number of hydrogen-bond donors (Lipinski definition) is 3. The van der Waals surface area contributed by atoms with Crippen LogP contribution in [0.15, 0.2) is 52.2 Å². The van der Waals surface area contributed by atoms with Gasteiger partial charge in [0.05, 0.1) is 29.7 Å². The molecular formula is C20H21N3O5S3. The first kappa shape index (κ1) is 21.8. The molecule has 0 spiro atoms. The number of nitrogens with one attached hydrogen (secondary N) is 1. The molecule has 0 aliphatic heterocycles. The highest BCUT2D eigenvalue weighted by Gasteiger charge is 2.22. The zero-order chi connectivity index (χ0) is 22.0. The first-order chi connectivity index (χ1) is 14.9. The number of carbonyl (C=O) groups is 1. The predicted octanol–water partition coefficient (Wildman–Crippen LogP) is 5.74. The third kappa shape index (κ3) is 4.33. The molecule has 0 aliphatic rings. The Bertz CT molecular complexity index is 1200. The van der Waals surface area contributed by atoms with E-state index in [1.54, 1.807) is 37.6 Å². The number of fused-ring (bicyclic) bond motifs is 1. The normalized spacial score (nSPS) is 12.3. The topological polar surface area (TPSA) is 106 Å². The largest absolute Gasteiger partial charge is 0.462 e. The highest BCUT2D eigenvalue weighted by molar-refractivity contribution is 8.26. The van der Waals surface area contributed by atoms with Crippen LogP contribution < -0.4 is 4.72 Å². The molecule has 8 nitrogen and oxygen atoms in total. The summed E-state index contributed by atoms with van der Waals surface area (Å²) in [5.41, 5.74) is 2.04. The second-order valence-electron chi connectivity index (χ2n) is 6.45. The van der Waals surface area contributed by atoms with Gasteiger partial charge in [0.25, 0.3) is 0 Å². The van der Waals surface area contributed by atoms with Gasteiger partial charge in [0.1, 0.15) is 20.8 Å². The zero-order valence-corrected chi connectivity index (χ0v) is 19.2. The number of para-hydroxylation sites is 1. The number of carbonyl (C=O) groups excluding carboxylic acids is 1. The van der Waals surface area contributed by atoms with Gasteiger partial charge in [0, 0.05) is 12.5 Å². The Morgan fingerprint density at radius 1 is 1.29 bits per heavy atom. The van der Waals surface area contributed by atoms with E-state index in [4.69, 9.17) is 9.47 Å². The number of hydrogen-bond acceptors (Lipinski definition) is 9. The van der Waals surface area contributed by atoms with Gasteiger partial charge in [-0.25, -0.2) is 9.78 Å². The van der Waals surface area contributed by atoms with Crippen molar-refractivity contribution in [2.24, 2.45) is 0 Å². The molecule has 1 aromatic carbocycles. The number of esters is 1. The second-order valence-corrected chi connectivity index (χ2v) is 10.4. The summed E-state index contributed by atoms with van der Waals surface area (Å²) in [6.07, 6.45) is 1.50. The number of thiophene rings is 1. The summed E-state index contributed by atoms with van der Waals surface area (Å²) in [4.78, 5) is 16.9. The molecule has 0 unspecified atom stereocenters. The number of nitrogens with zero attached hydrogens (tertiary/aromatic N) is 2. The van der Waals surface area contributed by atoms with Crippen LogP contribution in [0.4, 0.5) is 5.69 Å². The molecule has 4 aromatic rings. The van der Waals surface area contributed by atoms with Crippen molar-refractivity contribution < 1.29 is 23.4 Å². The van der Waals surface area contributed by atoms with Crippen LogP contribution >= 0.6 is 33.4 Å². The van der Waals surface area contributed by atoms with Gasteiger partial charge in [-0.15, -0.1) is 22.7 Å². The third-order valence-electron chi connectivity index (χ3n) is 4.41. The highest BCUT2D eigenvalue weighted by atomic mass is 32.3. The van der Waals surface area contributed by atoms with Crippen LogP contribution in [-0.2, 0) is 16.2 Å². The van der Waals surface area contributed by atoms with Crippen LogP contribution in [0, 0.1) is 0 Å². The maximum atomic E-state index is 12.1. The van der Waals surface area contributed by atoms with Gasteiger partial charge >= 0.3 is 5.97 Å². The molecule has 11 heteroatoms. The van der Waals surface area contributed by atoms with Gasteiger partial charge in [-0.3, -0.25) is 13.8 Å². The Balaban J connectivity index is 1.79. The lowest BCUT2D eigenvalue weighted by atomic mass is 10.2. The lowest BCUT2D eigenvalue weighted by Crippen LogP contribution is -2.10. The average molecular weight is 480 g/mol. The molecule has 0 fully saturated rings. The molecule has 3 heterocycles. The Morgan fingerprint density at radius 3 is 2.84 bits per heavy atom. The molecular weight excluding hydrogens is 458 g/mol. The van der Waals surface area contributed by atoms with E-state index in [1.807, 2.05) is 22.8 Å². The van der Waals surface area contributed by atoms with Crippen molar-refractivity contribution in [2.75, 3.05) is 18.4 Å². The summed E-state index contributed by atoms with van der Waals surface area (Å²) in [5.74, 6) is -0.409. The number of thiazole rings is 1. The first-order valence-corrected chi connectivity index (χ1v) is 12.5. The molecule has 0 saturated carbocycles. The van der Waals surface area contributed by atoms with E-state index in [9.17, 15) is 13.9 Å². The highest BCUT2D eigenvalue weighted by Crippen LogP contribution is 2.51. The van der Waals surface area contributed by atoms with Gasteiger partial charge in [0.15, 0.2) is 0 Å². The quantitative estimate of drug-likeness (QED) is 0.277. The van der Waals surface area contributed by atoms with E-state index in [2.05, 4.69) is 9.71 Å². The minimum atomic E-state index is -3.22. The van der Waals surface area contributed by atoms with Crippen molar-refractivity contribution in [3.8, 4) is 10.7 Å². The fourth-order valence-corrected chi connectivity index (χ4v) is 6.12. The van der Waals surface area contributed by atoms with E-state index < -0.39 is 16.7 Å². The Kier molecular flexibility index (Phi) is 6.32. The van der Waals surface area contributed by atoms with Gasteiger partial charge in [-0.05, 0) is 36.6 Å². The van der Waals surface area contributed by atoms with E-state index >= 15 is 0 Å². The minimum Gasteiger partial charge on any atom is -0.462 e. The maximum Gasteiger partial charge on any atom is 0.349 e. The fraction of sp³-hybridized carbons (Fsp3) is 0.200. The summed E-state index contributed by atoms with van der Waals surface area (Å²) >= 11 is 2.50. The number of benzene rings is 1. The van der Waals surface area contributed by atoms with Crippen LogP contribution in [0.1, 0.15) is 16.6 Å². The summed E-state index contributed by atoms with van der Waals surface area (Å²) < 4.78 is 37.1. The van der Waals surface area contributed by atoms with Crippen molar-refractivity contribution in [2.45, 2.75) is 17.9 Å². The van der Waals surface area contributed by atoms with Crippen molar-refractivity contribution >= 4 is 56.0 Å². The third-order valence-corrected chi connectivity index (χ3v) is 8.26. The van der Waals surface area contributed by atoms with E-state index in [1.165, 1.54) is 28.9 Å². The van der Waals surface area contributed by atoms with Crippen LogP contribution in [-0.4, -0.2) is 38.3 Å². The van der Waals surface area contributed by atoms with Gasteiger partial charge in [-0.1, -0.05) is 22.9 Å². The summed E-state index contributed by atoms with van der Waals surface area (Å²) in [6.45, 7) is 2.26. The fourth-order valence-electron chi connectivity index (χ4n) is 3.17. The molecule has 31 heavy (non-hydrogen) atoms. The van der Waals surface area contributed by atoms with Crippen molar-refractivity contribution in [1.29, 1.82) is 0 Å².